The summed E-state index contributed by atoms with van der Waals surface area (Å²) >= 11 is 0. The van der Waals surface area contributed by atoms with Crippen LogP contribution in [0.3, 0.4) is 0 Å². The Morgan fingerprint density at radius 2 is 2.12 bits per heavy atom. The van der Waals surface area contributed by atoms with Crippen molar-refractivity contribution in [3.63, 3.8) is 0 Å². The quantitative estimate of drug-likeness (QED) is 0.792. The van der Waals surface area contributed by atoms with Gasteiger partial charge in [-0.2, -0.15) is 5.10 Å². The first-order valence-corrected chi connectivity index (χ1v) is 8.54. The molecule has 3 heterocycles. The molecule has 1 aromatic carbocycles. The number of benzene rings is 1. The predicted molar refractivity (Wildman–Crippen MR) is 95.3 cm³/mol. The SMILES string of the molecule is COc1cccc2ccc(CN3CCn4nc([C@H](C)O)cc4C3)nc12. The lowest BCUT2D eigenvalue weighted by molar-refractivity contribution is 0.189. The number of methoxy groups -OCH3 is 1. The van der Waals surface area contributed by atoms with Crippen molar-refractivity contribution >= 4 is 10.9 Å². The third-order valence-corrected chi connectivity index (χ3v) is 4.67. The van der Waals surface area contributed by atoms with Crippen LogP contribution in [-0.2, 0) is 19.6 Å². The summed E-state index contributed by atoms with van der Waals surface area (Å²) in [6.07, 6.45) is -0.527. The second kappa shape index (κ2) is 6.46. The lowest BCUT2D eigenvalue weighted by Gasteiger charge is -2.27. The monoisotopic (exact) mass is 338 g/mol. The van der Waals surface area contributed by atoms with Crippen molar-refractivity contribution in [2.75, 3.05) is 13.7 Å². The lowest BCUT2D eigenvalue weighted by Crippen LogP contribution is -2.33. The van der Waals surface area contributed by atoms with Gasteiger partial charge in [-0.25, -0.2) is 4.98 Å². The number of nitrogens with zero attached hydrogens (tertiary/aromatic N) is 4. The maximum atomic E-state index is 9.71. The number of pyridine rings is 1. The van der Waals surface area contributed by atoms with Gasteiger partial charge in [-0.1, -0.05) is 18.2 Å². The second-order valence-corrected chi connectivity index (χ2v) is 6.50. The van der Waals surface area contributed by atoms with Crippen molar-refractivity contribution < 1.29 is 9.84 Å². The molecule has 1 aliphatic rings. The van der Waals surface area contributed by atoms with Crippen LogP contribution in [0.2, 0.25) is 0 Å². The molecular weight excluding hydrogens is 316 g/mol. The highest BCUT2D eigenvalue weighted by Crippen LogP contribution is 2.24. The molecule has 0 saturated heterocycles. The number of aromatic nitrogens is 3. The first-order chi connectivity index (χ1) is 12.1. The Morgan fingerprint density at radius 1 is 1.24 bits per heavy atom. The molecule has 1 atom stereocenters. The Kier molecular flexibility index (Phi) is 4.15. The molecule has 0 spiro atoms. The van der Waals surface area contributed by atoms with Crippen molar-refractivity contribution in [2.24, 2.45) is 0 Å². The summed E-state index contributed by atoms with van der Waals surface area (Å²) in [5.41, 5.74) is 3.81. The fourth-order valence-corrected chi connectivity index (χ4v) is 3.32. The molecule has 0 fully saturated rings. The Balaban J connectivity index is 1.55. The molecule has 6 heteroatoms. The van der Waals surface area contributed by atoms with E-state index < -0.39 is 6.10 Å². The van der Waals surface area contributed by atoms with Gasteiger partial charge in [0.15, 0.2) is 0 Å². The molecule has 0 bridgehead atoms. The molecule has 2 aromatic heterocycles. The number of ether oxygens (including phenoxy) is 1. The summed E-state index contributed by atoms with van der Waals surface area (Å²) in [5.74, 6) is 0.803. The van der Waals surface area contributed by atoms with Crippen LogP contribution in [0.5, 0.6) is 5.75 Å². The number of aliphatic hydroxyl groups excluding tert-OH is 1. The smallest absolute Gasteiger partial charge is 0.145 e. The highest BCUT2D eigenvalue weighted by molar-refractivity contribution is 5.84. The van der Waals surface area contributed by atoms with E-state index in [1.54, 1.807) is 14.0 Å². The molecule has 130 valence electrons. The van der Waals surface area contributed by atoms with Gasteiger partial charge in [0, 0.05) is 25.0 Å². The number of para-hydroxylation sites is 1. The summed E-state index contributed by atoms with van der Waals surface area (Å²) in [6, 6.07) is 12.1. The molecule has 0 unspecified atom stereocenters. The number of aliphatic hydroxyl groups is 1. The Hall–Kier alpha value is -2.44. The average molecular weight is 338 g/mol. The van der Waals surface area contributed by atoms with E-state index in [9.17, 15) is 5.11 Å². The van der Waals surface area contributed by atoms with E-state index >= 15 is 0 Å². The highest BCUT2D eigenvalue weighted by Gasteiger charge is 2.20. The van der Waals surface area contributed by atoms with Crippen LogP contribution < -0.4 is 4.74 Å². The van der Waals surface area contributed by atoms with Crippen LogP contribution in [0.15, 0.2) is 36.4 Å². The standard InChI is InChI=1S/C19H22N4O2/c1-13(24)17-10-16-12-22(8-9-23(16)21-17)11-15-7-6-14-4-3-5-18(25-2)19(14)20-15/h3-7,10,13,24H,8-9,11-12H2,1-2H3/t13-/m0/s1. The van der Waals surface area contributed by atoms with Crippen LogP contribution in [0.1, 0.15) is 30.1 Å². The van der Waals surface area contributed by atoms with Crippen molar-refractivity contribution in [3.8, 4) is 5.75 Å². The van der Waals surface area contributed by atoms with Crippen molar-refractivity contribution in [1.82, 2.24) is 19.7 Å². The first-order valence-electron chi connectivity index (χ1n) is 8.54. The predicted octanol–water partition coefficient (Wildman–Crippen LogP) is 2.51. The second-order valence-electron chi connectivity index (χ2n) is 6.50. The third kappa shape index (κ3) is 3.10. The van der Waals surface area contributed by atoms with E-state index in [4.69, 9.17) is 9.72 Å². The molecule has 0 aliphatic carbocycles. The molecule has 1 aliphatic heterocycles. The molecule has 3 aromatic rings. The molecule has 0 radical (unpaired) electrons. The zero-order valence-corrected chi connectivity index (χ0v) is 14.5. The molecule has 25 heavy (non-hydrogen) atoms. The first kappa shape index (κ1) is 16.1. The molecule has 4 rings (SSSR count). The lowest BCUT2D eigenvalue weighted by atomic mass is 10.1. The van der Waals surface area contributed by atoms with Gasteiger partial charge in [0.2, 0.25) is 0 Å². The number of hydrogen-bond acceptors (Lipinski definition) is 5. The summed E-state index contributed by atoms with van der Waals surface area (Å²) in [7, 11) is 1.68. The Labute approximate surface area is 146 Å². The fraction of sp³-hybridized carbons (Fsp3) is 0.368. The van der Waals surface area contributed by atoms with Crippen LogP contribution in [-0.4, -0.2) is 38.4 Å². The minimum absolute atomic E-state index is 0.527. The number of hydrogen-bond donors (Lipinski definition) is 1. The summed E-state index contributed by atoms with van der Waals surface area (Å²) in [5, 5.41) is 15.3. The van der Waals surface area contributed by atoms with Crippen LogP contribution in [0, 0.1) is 0 Å². The van der Waals surface area contributed by atoms with Crippen LogP contribution in [0.25, 0.3) is 10.9 Å². The van der Waals surface area contributed by atoms with Gasteiger partial charge < -0.3 is 9.84 Å². The summed E-state index contributed by atoms with van der Waals surface area (Å²) in [6.45, 7) is 5.09. The number of rotatable bonds is 4. The largest absolute Gasteiger partial charge is 0.494 e. The third-order valence-electron chi connectivity index (χ3n) is 4.67. The molecule has 1 N–H and O–H groups in total. The molecular formula is C19H22N4O2. The topological polar surface area (TPSA) is 63.4 Å². The average Bonchev–Trinajstić information content (AvgIpc) is 3.05. The van der Waals surface area contributed by atoms with Crippen LogP contribution >= 0.6 is 0 Å². The van der Waals surface area contributed by atoms with Gasteiger partial charge >= 0.3 is 0 Å². The highest BCUT2D eigenvalue weighted by atomic mass is 16.5. The Bertz CT molecular complexity index is 904. The van der Waals surface area contributed by atoms with Crippen molar-refractivity contribution in [1.29, 1.82) is 0 Å². The van der Waals surface area contributed by atoms with Gasteiger partial charge in [0.1, 0.15) is 11.3 Å². The minimum atomic E-state index is -0.527. The van der Waals surface area contributed by atoms with E-state index in [-0.39, 0.29) is 0 Å². The van der Waals surface area contributed by atoms with E-state index in [0.717, 1.165) is 59.9 Å². The maximum absolute atomic E-state index is 9.71. The zero-order valence-electron chi connectivity index (χ0n) is 14.5. The Morgan fingerprint density at radius 3 is 2.92 bits per heavy atom. The van der Waals surface area contributed by atoms with E-state index in [1.807, 2.05) is 28.9 Å². The van der Waals surface area contributed by atoms with Gasteiger partial charge in [-0.15, -0.1) is 0 Å². The van der Waals surface area contributed by atoms with Crippen molar-refractivity contribution in [2.45, 2.75) is 32.7 Å². The van der Waals surface area contributed by atoms with E-state index in [1.165, 1.54) is 0 Å². The zero-order chi connectivity index (χ0) is 17.4. The molecule has 0 saturated carbocycles. The maximum Gasteiger partial charge on any atom is 0.145 e. The van der Waals surface area contributed by atoms with E-state index in [2.05, 4.69) is 22.1 Å². The molecule has 6 nitrogen and oxygen atoms in total. The van der Waals surface area contributed by atoms with Crippen LogP contribution in [0.4, 0.5) is 0 Å². The number of fused-ring (bicyclic) bond motifs is 2. The van der Waals surface area contributed by atoms with Crippen molar-refractivity contribution in [3.05, 3.63) is 53.5 Å². The normalized spacial score (nSPS) is 16.0. The minimum Gasteiger partial charge on any atom is -0.494 e. The summed E-state index contributed by atoms with van der Waals surface area (Å²) in [4.78, 5) is 7.15. The van der Waals surface area contributed by atoms with Gasteiger partial charge in [-0.05, 0) is 25.1 Å². The summed E-state index contributed by atoms with van der Waals surface area (Å²) < 4.78 is 7.43. The van der Waals surface area contributed by atoms with Gasteiger partial charge in [0.05, 0.1) is 36.8 Å². The fourth-order valence-electron chi connectivity index (χ4n) is 3.32. The molecule has 0 amide bonds. The van der Waals surface area contributed by atoms with Gasteiger partial charge in [-0.3, -0.25) is 9.58 Å². The van der Waals surface area contributed by atoms with E-state index in [0.29, 0.717) is 0 Å². The van der Waals surface area contributed by atoms with Gasteiger partial charge in [0.25, 0.3) is 0 Å².